The standard InChI is InChI=1S/C10H16ClN3O2/c1-4-16-10(15)8(12)5-7-6(2)13-14(3)9(7)11/h8H,4-5,12H2,1-3H3. The Kier molecular flexibility index (Phi) is 4.32. The van der Waals surface area contributed by atoms with E-state index in [1.54, 1.807) is 18.7 Å². The summed E-state index contributed by atoms with van der Waals surface area (Å²) in [6.07, 6.45) is 0.345. The third-order valence-corrected chi connectivity index (χ3v) is 2.76. The van der Waals surface area contributed by atoms with Crippen LogP contribution in [0.2, 0.25) is 5.15 Å². The van der Waals surface area contributed by atoms with E-state index >= 15 is 0 Å². The third-order valence-electron chi connectivity index (χ3n) is 2.28. The van der Waals surface area contributed by atoms with Crippen molar-refractivity contribution in [2.24, 2.45) is 12.8 Å². The zero-order valence-electron chi connectivity index (χ0n) is 9.66. The molecule has 1 atom stereocenters. The first kappa shape index (κ1) is 13.0. The van der Waals surface area contributed by atoms with Crippen LogP contribution in [0.3, 0.4) is 0 Å². The summed E-state index contributed by atoms with van der Waals surface area (Å²) < 4.78 is 6.39. The molecule has 0 aliphatic carbocycles. The van der Waals surface area contributed by atoms with Gasteiger partial charge in [-0.25, -0.2) is 0 Å². The first-order valence-corrected chi connectivity index (χ1v) is 5.45. The Bertz CT molecular complexity index is 390. The fourth-order valence-corrected chi connectivity index (χ4v) is 1.71. The molecule has 0 spiro atoms. The van der Waals surface area contributed by atoms with E-state index in [4.69, 9.17) is 22.1 Å². The van der Waals surface area contributed by atoms with E-state index in [0.29, 0.717) is 18.2 Å². The second kappa shape index (κ2) is 5.32. The molecule has 0 radical (unpaired) electrons. The van der Waals surface area contributed by atoms with Gasteiger partial charge in [-0.15, -0.1) is 0 Å². The summed E-state index contributed by atoms with van der Waals surface area (Å²) >= 11 is 6.03. The molecule has 0 saturated heterocycles. The third kappa shape index (κ3) is 2.74. The monoisotopic (exact) mass is 245 g/mol. The van der Waals surface area contributed by atoms with Crippen molar-refractivity contribution in [3.05, 3.63) is 16.4 Å². The van der Waals surface area contributed by atoms with Crippen molar-refractivity contribution in [1.29, 1.82) is 0 Å². The summed E-state index contributed by atoms with van der Waals surface area (Å²) in [6.45, 7) is 3.90. The number of halogens is 1. The molecular formula is C10H16ClN3O2. The lowest BCUT2D eigenvalue weighted by molar-refractivity contribution is -0.144. The topological polar surface area (TPSA) is 70.1 Å². The van der Waals surface area contributed by atoms with Crippen LogP contribution in [0.4, 0.5) is 0 Å². The Labute approximate surface area is 99.5 Å². The number of hydrogen-bond acceptors (Lipinski definition) is 4. The zero-order valence-corrected chi connectivity index (χ0v) is 10.4. The van der Waals surface area contributed by atoms with Crippen molar-refractivity contribution in [3.63, 3.8) is 0 Å². The van der Waals surface area contributed by atoms with Gasteiger partial charge in [0, 0.05) is 19.0 Å². The van der Waals surface area contributed by atoms with Crippen LogP contribution in [-0.4, -0.2) is 28.4 Å². The van der Waals surface area contributed by atoms with Gasteiger partial charge in [-0.2, -0.15) is 5.10 Å². The van der Waals surface area contributed by atoms with Crippen LogP contribution < -0.4 is 5.73 Å². The average molecular weight is 246 g/mol. The molecule has 1 aromatic rings. The molecule has 0 aliphatic heterocycles. The van der Waals surface area contributed by atoms with Gasteiger partial charge in [-0.1, -0.05) is 11.6 Å². The fourth-order valence-electron chi connectivity index (χ4n) is 1.46. The van der Waals surface area contributed by atoms with Crippen molar-refractivity contribution in [3.8, 4) is 0 Å². The quantitative estimate of drug-likeness (QED) is 0.798. The number of hydrogen-bond donors (Lipinski definition) is 1. The summed E-state index contributed by atoms with van der Waals surface area (Å²) in [5.74, 6) is -0.415. The Morgan fingerprint density at radius 3 is 2.75 bits per heavy atom. The first-order valence-electron chi connectivity index (χ1n) is 5.07. The van der Waals surface area contributed by atoms with Crippen LogP contribution in [0.15, 0.2) is 0 Å². The van der Waals surface area contributed by atoms with Gasteiger partial charge in [-0.05, 0) is 13.8 Å². The molecule has 0 aromatic carbocycles. The number of ether oxygens (including phenoxy) is 1. The maximum absolute atomic E-state index is 11.4. The lowest BCUT2D eigenvalue weighted by Crippen LogP contribution is -2.34. The molecule has 0 fully saturated rings. The Hall–Kier alpha value is -1.07. The predicted octanol–water partition coefficient (Wildman–Crippen LogP) is 0.815. The van der Waals surface area contributed by atoms with E-state index in [2.05, 4.69) is 5.10 Å². The highest BCUT2D eigenvalue weighted by atomic mass is 35.5. The second-order valence-electron chi connectivity index (χ2n) is 3.54. The number of nitrogens with two attached hydrogens (primary N) is 1. The van der Waals surface area contributed by atoms with Gasteiger partial charge >= 0.3 is 5.97 Å². The molecule has 0 amide bonds. The van der Waals surface area contributed by atoms with Crippen LogP contribution in [0.1, 0.15) is 18.2 Å². The van der Waals surface area contributed by atoms with Gasteiger partial charge in [0.1, 0.15) is 11.2 Å². The van der Waals surface area contributed by atoms with E-state index in [0.717, 1.165) is 11.3 Å². The molecule has 0 aliphatic rings. The Morgan fingerprint density at radius 1 is 1.69 bits per heavy atom. The minimum Gasteiger partial charge on any atom is -0.465 e. The Balaban J connectivity index is 2.76. The van der Waals surface area contributed by atoms with Gasteiger partial charge in [0.05, 0.1) is 12.3 Å². The molecule has 0 bridgehead atoms. The van der Waals surface area contributed by atoms with Gasteiger partial charge in [-0.3, -0.25) is 9.48 Å². The van der Waals surface area contributed by atoms with Gasteiger partial charge in [0.2, 0.25) is 0 Å². The van der Waals surface area contributed by atoms with E-state index < -0.39 is 12.0 Å². The summed E-state index contributed by atoms with van der Waals surface area (Å²) in [7, 11) is 1.74. The van der Waals surface area contributed by atoms with E-state index in [9.17, 15) is 4.79 Å². The SMILES string of the molecule is CCOC(=O)C(N)Cc1c(C)nn(C)c1Cl. The number of rotatable bonds is 4. The second-order valence-corrected chi connectivity index (χ2v) is 3.90. The molecule has 2 N–H and O–H groups in total. The largest absolute Gasteiger partial charge is 0.465 e. The van der Waals surface area contributed by atoms with Crippen LogP contribution >= 0.6 is 11.6 Å². The highest BCUT2D eigenvalue weighted by Gasteiger charge is 2.20. The highest BCUT2D eigenvalue weighted by molar-refractivity contribution is 6.30. The molecule has 5 nitrogen and oxygen atoms in total. The minimum absolute atomic E-state index is 0.326. The van der Waals surface area contributed by atoms with Gasteiger partial charge in [0.25, 0.3) is 0 Å². The van der Waals surface area contributed by atoms with Gasteiger partial charge in [0.15, 0.2) is 0 Å². The summed E-state index contributed by atoms with van der Waals surface area (Å²) in [4.78, 5) is 11.4. The molecule has 1 aromatic heterocycles. The number of carbonyl (C=O) groups is 1. The zero-order chi connectivity index (χ0) is 12.3. The molecule has 1 heterocycles. The molecule has 16 heavy (non-hydrogen) atoms. The van der Waals surface area contributed by atoms with Crippen molar-refractivity contribution >= 4 is 17.6 Å². The molecule has 0 saturated carbocycles. The normalized spacial score (nSPS) is 12.6. The summed E-state index contributed by atoms with van der Waals surface area (Å²) in [6, 6.07) is -0.694. The first-order chi connectivity index (χ1) is 7.47. The molecule has 6 heteroatoms. The van der Waals surface area contributed by atoms with Crippen molar-refractivity contribution in [2.75, 3.05) is 6.61 Å². The fraction of sp³-hybridized carbons (Fsp3) is 0.600. The maximum atomic E-state index is 11.4. The van der Waals surface area contributed by atoms with Crippen molar-refractivity contribution < 1.29 is 9.53 Å². The summed E-state index contributed by atoms with van der Waals surface area (Å²) in [5, 5.41) is 4.66. The van der Waals surface area contributed by atoms with Crippen LogP contribution in [0.25, 0.3) is 0 Å². The molecule has 90 valence electrons. The predicted molar refractivity (Wildman–Crippen MR) is 61.3 cm³/mol. The van der Waals surface area contributed by atoms with Crippen LogP contribution in [0, 0.1) is 6.92 Å². The van der Waals surface area contributed by atoms with E-state index in [1.807, 2.05) is 6.92 Å². The molecular weight excluding hydrogens is 230 g/mol. The lowest BCUT2D eigenvalue weighted by Gasteiger charge is -2.10. The minimum atomic E-state index is -0.694. The van der Waals surface area contributed by atoms with Crippen LogP contribution in [-0.2, 0) is 23.0 Å². The number of esters is 1. The Morgan fingerprint density at radius 2 is 2.31 bits per heavy atom. The van der Waals surface area contributed by atoms with Crippen molar-refractivity contribution in [1.82, 2.24) is 9.78 Å². The number of aryl methyl sites for hydroxylation is 2. The average Bonchev–Trinajstić information content (AvgIpc) is 2.45. The number of nitrogens with zero attached hydrogens (tertiary/aromatic N) is 2. The molecule has 1 unspecified atom stereocenters. The number of aromatic nitrogens is 2. The smallest absolute Gasteiger partial charge is 0.323 e. The highest BCUT2D eigenvalue weighted by Crippen LogP contribution is 2.20. The van der Waals surface area contributed by atoms with Gasteiger partial charge < -0.3 is 10.5 Å². The van der Waals surface area contributed by atoms with Crippen molar-refractivity contribution in [2.45, 2.75) is 26.3 Å². The summed E-state index contributed by atoms with van der Waals surface area (Å²) in [5.41, 5.74) is 7.29. The van der Waals surface area contributed by atoms with E-state index in [1.165, 1.54) is 0 Å². The van der Waals surface area contributed by atoms with Crippen LogP contribution in [0.5, 0.6) is 0 Å². The lowest BCUT2D eigenvalue weighted by atomic mass is 10.1. The molecule has 1 rings (SSSR count). The number of carbonyl (C=O) groups excluding carboxylic acids is 1. The maximum Gasteiger partial charge on any atom is 0.323 e. The van der Waals surface area contributed by atoms with E-state index in [-0.39, 0.29) is 0 Å².